The van der Waals surface area contributed by atoms with Crippen LogP contribution in [0.2, 0.25) is 0 Å². The Balaban J connectivity index is 1.14. The third kappa shape index (κ3) is 5.28. The molecule has 3 heterocycles. The molecule has 0 bridgehead atoms. The van der Waals surface area contributed by atoms with Crippen molar-refractivity contribution < 1.29 is 9.47 Å². The van der Waals surface area contributed by atoms with Gasteiger partial charge >= 0.3 is 0 Å². The highest BCUT2D eigenvalue weighted by atomic mass is 16.5. The summed E-state index contributed by atoms with van der Waals surface area (Å²) in [6, 6.07) is 52.8. The summed E-state index contributed by atoms with van der Waals surface area (Å²) in [5.41, 5.74) is 6.35. The molecule has 0 saturated heterocycles. The second-order valence-electron chi connectivity index (χ2n) is 10.7. The SMILES string of the molecule is c1ccc(-c2cccc(Oc3cccc(Oc4ccc5c6cc(-c7ccccc7)ccc6n(-c6ccccn6)c5n4)c3)c2)cc1. The number of ether oxygens (including phenoxy) is 2. The standard InChI is InChI=1S/C40H27N3O2/c1-3-11-28(12-4-1)30-15-9-16-32(25-30)44-33-17-10-18-34(27-33)45-39-23-21-35-36-26-31(29-13-5-2-6-14-29)20-22-37(36)43(40(35)42-39)38-19-7-8-24-41-38/h1-27H. The third-order valence-electron chi connectivity index (χ3n) is 7.78. The van der Waals surface area contributed by atoms with Gasteiger partial charge < -0.3 is 9.47 Å². The van der Waals surface area contributed by atoms with E-state index in [2.05, 4.69) is 76.3 Å². The Morgan fingerprint density at radius 2 is 1.09 bits per heavy atom. The Bertz CT molecular complexity index is 2260. The maximum atomic E-state index is 6.31. The van der Waals surface area contributed by atoms with Gasteiger partial charge in [-0.3, -0.25) is 4.57 Å². The van der Waals surface area contributed by atoms with Crippen molar-refractivity contribution in [3.05, 3.63) is 164 Å². The monoisotopic (exact) mass is 581 g/mol. The molecule has 0 radical (unpaired) electrons. The fourth-order valence-electron chi connectivity index (χ4n) is 5.69. The molecule has 0 amide bonds. The lowest BCUT2D eigenvalue weighted by molar-refractivity contribution is 0.450. The molecule has 5 heteroatoms. The van der Waals surface area contributed by atoms with E-state index in [-0.39, 0.29) is 0 Å². The zero-order valence-electron chi connectivity index (χ0n) is 24.2. The summed E-state index contributed by atoms with van der Waals surface area (Å²) in [6.07, 6.45) is 1.80. The minimum atomic E-state index is 0.481. The van der Waals surface area contributed by atoms with Crippen molar-refractivity contribution in [2.24, 2.45) is 0 Å². The summed E-state index contributed by atoms with van der Waals surface area (Å²) in [5.74, 6) is 3.33. The fraction of sp³-hybridized carbons (Fsp3) is 0. The average Bonchev–Trinajstić information content (AvgIpc) is 3.42. The molecule has 5 aromatic carbocycles. The first-order chi connectivity index (χ1) is 22.3. The first kappa shape index (κ1) is 26.4. The van der Waals surface area contributed by atoms with E-state index in [0.29, 0.717) is 17.4 Å². The van der Waals surface area contributed by atoms with Gasteiger partial charge in [0.25, 0.3) is 0 Å². The molecular formula is C40H27N3O2. The zero-order valence-corrected chi connectivity index (χ0v) is 24.2. The van der Waals surface area contributed by atoms with E-state index in [4.69, 9.17) is 14.5 Å². The number of fused-ring (bicyclic) bond motifs is 3. The van der Waals surface area contributed by atoms with E-state index in [9.17, 15) is 0 Å². The van der Waals surface area contributed by atoms with E-state index in [1.165, 1.54) is 5.56 Å². The number of pyridine rings is 2. The van der Waals surface area contributed by atoms with Crippen LogP contribution in [0.1, 0.15) is 0 Å². The molecule has 8 aromatic rings. The van der Waals surface area contributed by atoms with Crippen molar-refractivity contribution in [2.75, 3.05) is 0 Å². The van der Waals surface area contributed by atoms with Gasteiger partial charge in [0, 0.05) is 29.1 Å². The summed E-state index contributed by atoms with van der Waals surface area (Å²) in [7, 11) is 0. The lowest BCUT2D eigenvalue weighted by Crippen LogP contribution is -1.98. The van der Waals surface area contributed by atoms with Crippen LogP contribution in [0, 0.1) is 0 Å². The molecular weight excluding hydrogens is 554 g/mol. The highest BCUT2D eigenvalue weighted by molar-refractivity contribution is 6.09. The van der Waals surface area contributed by atoms with Crippen molar-refractivity contribution >= 4 is 21.9 Å². The van der Waals surface area contributed by atoms with Crippen molar-refractivity contribution in [1.82, 2.24) is 14.5 Å². The first-order valence-electron chi connectivity index (χ1n) is 14.8. The zero-order chi connectivity index (χ0) is 30.0. The molecule has 214 valence electrons. The van der Waals surface area contributed by atoms with E-state index < -0.39 is 0 Å². The molecule has 0 spiro atoms. The lowest BCUT2D eigenvalue weighted by Gasteiger charge is -2.10. The lowest BCUT2D eigenvalue weighted by atomic mass is 10.0. The summed E-state index contributed by atoms with van der Waals surface area (Å²) in [4.78, 5) is 9.66. The van der Waals surface area contributed by atoms with E-state index in [1.807, 2.05) is 91.0 Å². The predicted molar refractivity (Wildman–Crippen MR) is 180 cm³/mol. The van der Waals surface area contributed by atoms with Crippen molar-refractivity contribution in [3.63, 3.8) is 0 Å². The Hall–Kier alpha value is -6.20. The van der Waals surface area contributed by atoms with Gasteiger partial charge in [0.05, 0.1) is 5.52 Å². The van der Waals surface area contributed by atoms with Gasteiger partial charge in [0.1, 0.15) is 23.1 Å². The second kappa shape index (κ2) is 11.5. The van der Waals surface area contributed by atoms with Crippen molar-refractivity contribution in [1.29, 1.82) is 0 Å². The summed E-state index contributed by atoms with van der Waals surface area (Å²) >= 11 is 0. The predicted octanol–water partition coefficient (Wildman–Crippen LogP) is 10.5. The largest absolute Gasteiger partial charge is 0.457 e. The summed E-state index contributed by atoms with van der Waals surface area (Å²) in [6.45, 7) is 0. The molecule has 0 aliphatic rings. The van der Waals surface area contributed by atoms with Crippen LogP contribution in [0.15, 0.2) is 164 Å². The molecule has 0 unspecified atom stereocenters. The number of nitrogens with zero attached hydrogens (tertiary/aromatic N) is 3. The van der Waals surface area contributed by atoms with Crippen molar-refractivity contribution in [3.8, 4) is 51.2 Å². The minimum absolute atomic E-state index is 0.481. The molecule has 3 aromatic heterocycles. The minimum Gasteiger partial charge on any atom is -0.457 e. The van der Waals surface area contributed by atoms with Gasteiger partial charge in [-0.05, 0) is 76.9 Å². The van der Waals surface area contributed by atoms with E-state index in [1.54, 1.807) is 6.20 Å². The number of aromatic nitrogens is 3. The molecule has 5 nitrogen and oxygen atoms in total. The summed E-state index contributed by atoms with van der Waals surface area (Å²) in [5, 5.41) is 2.13. The van der Waals surface area contributed by atoms with Gasteiger partial charge in [0.15, 0.2) is 5.65 Å². The van der Waals surface area contributed by atoms with Crippen LogP contribution in [0.25, 0.3) is 50.0 Å². The molecule has 0 N–H and O–H groups in total. The molecule has 0 saturated carbocycles. The number of hydrogen-bond acceptors (Lipinski definition) is 4. The normalized spacial score (nSPS) is 11.1. The highest BCUT2D eigenvalue weighted by Crippen LogP contribution is 2.36. The van der Waals surface area contributed by atoms with Crippen LogP contribution in [0.3, 0.4) is 0 Å². The van der Waals surface area contributed by atoms with Gasteiger partial charge in [0.2, 0.25) is 5.88 Å². The maximum Gasteiger partial charge on any atom is 0.221 e. The van der Waals surface area contributed by atoms with E-state index in [0.717, 1.165) is 50.2 Å². The van der Waals surface area contributed by atoms with Crippen LogP contribution < -0.4 is 9.47 Å². The topological polar surface area (TPSA) is 49.2 Å². The van der Waals surface area contributed by atoms with Gasteiger partial charge in [-0.2, -0.15) is 4.98 Å². The fourth-order valence-corrected chi connectivity index (χ4v) is 5.69. The van der Waals surface area contributed by atoms with Crippen molar-refractivity contribution in [2.45, 2.75) is 0 Å². The molecule has 45 heavy (non-hydrogen) atoms. The van der Waals surface area contributed by atoms with Crippen LogP contribution in [-0.2, 0) is 0 Å². The van der Waals surface area contributed by atoms with Crippen LogP contribution >= 0.6 is 0 Å². The Morgan fingerprint density at radius 3 is 1.82 bits per heavy atom. The smallest absolute Gasteiger partial charge is 0.221 e. The number of benzene rings is 5. The molecule has 8 rings (SSSR count). The molecule has 0 aliphatic carbocycles. The Kier molecular flexibility index (Phi) is 6.74. The first-order valence-corrected chi connectivity index (χ1v) is 14.8. The van der Waals surface area contributed by atoms with Gasteiger partial charge in [-0.15, -0.1) is 0 Å². The molecule has 0 aliphatic heterocycles. The van der Waals surface area contributed by atoms with Crippen LogP contribution in [-0.4, -0.2) is 14.5 Å². The quantitative estimate of drug-likeness (QED) is 0.188. The van der Waals surface area contributed by atoms with Crippen LogP contribution in [0.4, 0.5) is 0 Å². The Labute approximate surface area is 260 Å². The summed E-state index contributed by atoms with van der Waals surface area (Å²) < 4.78 is 14.6. The number of rotatable bonds is 7. The maximum absolute atomic E-state index is 6.31. The van der Waals surface area contributed by atoms with Gasteiger partial charge in [-0.25, -0.2) is 4.98 Å². The molecule has 0 fully saturated rings. The van der Waals surface area contributed by atoms with Gasteiger partial charge in [-0.1, -0.05) is 91.0 Å². The highest BCUT2D eigenvalue weighted by Gasteiger charge is 2.16. The number of hydrogen-bond donors (Lipinski definition) is 0. The average molecular weight is 582 g/mol. The van der Waals surface area contributed by atoms with E-state index >= 15 is 0 Å². The second-order valence-corrected chi connectivity index (χ2v) is 10.7. The third-order valence-corrected chi connectivity index (χ3v) is 7.78. The van der Waals surface area contributed by atoms with Crippen LogP contribution in [0.5, 0.6) is 23.1 Å². The molecule has 0 atom stereocenters. The Morgan fingerprint density at radius 1 is 0.444 bits per heavy atom.